The molecule has 0 radical (unpaired) electrons. The fourth-order valence-corrected chi connectivity index (χ4v) is 2.17. The number of ether oxygens (including phenoxy) is 1. The molecule has 2 atom stereocenters. The van der Waals surface area contributed by atoms with Gasteiger partial charge in [-0.25, -0.2) is 9.59 Å². The molecule has 0 aromatic carbocycles. The highest BCUT2D eigenvalue weighted by Crippen LogP contribution is 2.16. The molecular formula is C12H21N3O5. The first kappa shape index (κ1) is 16.2. The van der Waals surface area contributed by atoms with Crippen molar-refractivity contribution >= 4 is 17.9 Å². The predicted octanol–water partition coefficient (Wildman–Crippen LogP) is -0.617. The molecule has 1 heterocycles. The fourth-order valence-electron chi connectivity index (χ4n) is 2.17. The lowest BCUT2D eigenvalue weighted by molar-refractivity contribution is -0.139. The summed E-state index contributed by atoms with van der Waals surface area (Å²) in [5.41, 5.74) is 4.98. The predicted molar refractivity (Wildman–Crippen MR) is 69.9 cm³/mol. The van der Waals surface area contributed by atoms with Crippen LogP contribution in [0.25, 0.3) is 0 Å². The van der Waals surface area contributed by atoms with Crippen LogP contribution < -0.4 is 11.1 Å². The summed E-state index contributed by atoms with van der Waals surface area (Å²) < 4.78 is 5.03. The summed E-state index contributed by atoms with van der Waals surface area (Å²) in [6.07, 6.45) is 0.746. The molecule has 0 bridgehead atoms. The van der Waals surface area contributed by atoms with Crippen molar-refractivity contribution in [2.24, 2.45) is 11.7 Å². The first-order chi connectivity index (χ1) is 9.43. The first-order valence-corrected chi connectivity index (χ1v) is 6.49. The zero-order valence-electron chi connectivity index (χ0n) is 11.5. The molecule has 0 aromatic heterocycles. The Labute approximate surface area is 117 Å². The number of nitrogens with two attached hydrogens (primary N) is 1. The molecule has 1 unspecified atom stereocenters. The van der Waals surface area contributed by atoms with E-state index in [0.717, 1.165) is 6.42 Å². The quantitative estimate of drug-likeness (QED) is 0.576. The molecule has 4 N–H and O–H groups in total. The minimum Gasteiger partial charge on any atom is -0.480 e. The number of methoxy groups -OCH3 is 1. The lowest BCUT2D eigenvalue weighted by atomic mass is 10.1. The standard InChI is InChI=1S/C12H21N3O5/c1-20-7-8-4-5-15(6-8)12(19)14-9(11(17)18)2-3-10(13)16/h8-9H,2-7H2,1H3,(H2,13,16)(H,14,19)(H,17,18)/t8?,9-/m1/s1. The Morgan fingerprint density at radius 3 is 2.75 bits per heavy atom. The number of carbonyl (C=O) groups is 3. The minimum absolute atomic E-state index is 0.00819. The van der Waals surface area contributed by atoms with Gasteiger partial charge in [-0.2, -0.15) is 0 Å². The van der Waals surface area contributed by atoms with Gasteiger partial charge in [-0.05, 0) is 12.8 Å². The third-order valence-electron chi connectivity index (χ3n) is 3.25. The number of nitrogens with zero attached hydrogens (tertiary/aromatic N) is 1. The molecule has 8 heteroatoms. The van der Waals surface area contributed by atoms with Gasteiger partial charge in [0.1, 0.15) is 6.04 Å². The molecule has 0 spiro atoms. The van der Waals surface area contributed by atoms with Crippen molar-refractivity contribution in [2.45, 2.75) is 25.3 Å². The number of aliphatic carboxylic acids is 1. The topological polar surface area (TPSA) is 122 Å². The third kappa shape index (κ3) is 5.04. The highest BCUT2D eigenvalue weighted by molar-refractivity contribution is 5.83. The van der Waals surface area contributed by atoms with E-state index in [1.54, 1.807) is 12.0 Å². The fraction of sp³-hybridized carbons (Fsp3) is 0.750. The normalized spacial score (nSPS) is 19.6. The van der Waals surface area contributed by atoms with Crippen LogP contribution in [0.5, 0.6) is 0 Å². The SMILES string of the molecule is COCC1CCN(C(=O)N[C@H](CCC(N)=O)C(=O)O)C1. The Hall–Kier alpha value is -1.83. The number of rotatable bonds is 7. The maximum Gasteiger partial charge on any atom is 0.326 e. The Morgan fingerprint density at radius 2 is 2.20 bits per heavy atom. The van der Waals surface area contributed by atoms with Gasteiger partial charge in [-0.15, -0.1) is 0 Å². The molecular weight excluding hydrogens is 266 g/mol. The van der Waals surface area contributed by atoms with Gasteiger partial charge in [0.2, 0.25) is 5.91 Å². The number of carbonyl (C=O) groups excluding carboxylic acids is 2. The Kier molecular flexibility index (Phi) is 6.23. The lowest BCUT2D eigenvalue weighted by Crippen LogP contribution is -2.47. The summed E-state index contributed by atoms with van der Waals surface area (Å²) in [6, 6.07) is -1.53. The van der Waals surface area contributed by atoms with E-state index in [9.17, 15) is 14.4 Å². The van der Waals surface area contributed by atoms with Crippen LogP contribution in [0.2, 0.25) is 0 Å². The molecule has 1 rings (SSSR count). The Morgan fingerprint density at radius 1 is 1.50 bits per heavy atom. The van der Waals surface area contributed by atoms with Crippen LogP contribution in [0.4, 0.5) is 4.79 Å². The highest BCUT2D eigenvalue weighted by Gasteiger charge is 2.29. The van der Waals surface area contributed by atoms with Gasteiger partial charge in [0.05, 0.1) is 6.61 Å². The van der Waals surface area contributed by atoms with E-state index in [-0.39, 0.29) is 18.8 Å². The van der Waals surface area contributed by atoms with E-state index < -0.39 is 23.9 Å². The maximum absolute atomic E-state index is 11.9. The van der Waals surface area contributed by atoms with E-state index in [1.165, 1.54) is 0 Å². The van der Waals surface area contributed by atoms with Crippen LogP contribution in [0.3, 0.4) is 0 Å². The minimum atomic E-state index is -1.17. The van der Waals surface area contributed by atoms with Crippen LogP contribution in [-0.4, -0.2) is 60.8 Å². The first-order valence-electron chi connectivity index (χ1n) is 6.49. The number of nitrogens with one attached hydrogen (secondary N) is 1. The second-order valence-electron chi connectivity index (χ2n) is 4.90. The van der Waals surface area contributed by atoms with Crippen molar-refractivity contribution in [1.82, 2.24) is 10.2 Å². The molecule has 114 valence electrons. The zero-order valence-corrected chi connectivity index (χ0v) is 11.5. The molecule has 1 aliphatic rings. The zero-order chi connectivity index (χ0) is 15.1. The van der Waals surface area contributed by atoms with Crippen molar-refractivity contribution in [1.29, 1.82) is 0 Å². The van der Waals surface area contributed by atoms with Crippen LogP contribution in [0, 0.1) is 5.92 Å². The summed E-state index contributed by atoms with van der Waals surface area (Å²) in [5.74, 6) is -1.49. The average molecular weight is 287 g/mol. The molecule has 1 saturated heterocycles. The van der Waals surface area contributed by atoms with Gasteiger partial charge < -0.3 is 25.8 Å². The van der Waals surface area contributed by atoms with Gasteiger partial charge in [-0.1, -0.05) is 0 Å². The summed E-state index contributed by atoms with van der Waals surface area (Å²) in [7, 11) is 1.60. The van der Waals surface area contributed by atoms with Crippen molar-refractivity contribution < 1.29 is 24.2 Å². The van der Waals surface area contributed by atoms with Crippen LogP contribution in [0.1, 0.15) is 19.3 Å². The monoisotopic (exact) mass is 287 g/mol. The Bertz CT molecular complexity index is 374. The average Bonchev–Trinajstić information content (AvgIpc) is 2.82. The number of primary amides is 1. The van der Waals surface area contributed by atoms with Gasteiger partial charge in [0.15, 0.2) is 0 Å². The molecule has 3 amide bonds. The second kappa shape index (κ2) is 7.68. The van der Waals surface area contributed by atoms with Crippen molar-refractivity contribution in [3.05, 3.63) is 0 Å². The van der Waals surface area contributed by atoms with E-state index >= 15 is 0 Å². The number of hydrogen-bond donors (Lipinski definition) is 3. The maximum atomic E-state index is 11.9. The number of carboxylic acid groups (broad SMARTS) is 1. The number of amides is 3. The van der Waals surface area contributed by atoms with E-state index in [4.69, 9.17) is 15.6 Å². The second-order valence-corrected chi connectivity index (χ2v) is 4.90. The molecule has 1 aliphatic heterocycles. The molecule has 1 fully saturated rings. The Balaban J connectivity index is 2.46. The molecule has 0 aromatic rings. The van der Waals surface area contributed by atoms with Gasteiger partial charge in [0.25, 0.3) is 0 Å². The van der Waals surface area contributed by atoms with Crippen LogP contribution in [-0.2, 0) is 14.3 Å². The van der Waals surface area contributed by atoms with Crippen molar-refractivity contribution in [3.63, 3.8) is 0 Å². The van der Waals surface area contributed by atoms with E-state index in [0.29, 0.717) is 19.7 Å². The largest absolute Gasteiger partial charge is 0.480 e. The van der Waals surface area contributed by atoms with Gasteiger partial charge in [-0.3, -0.25) is 4.79 Å². The summed E-state index contributed by atoms with van der Waals surface area (Å²) in [6.45, 7) is 1.69. The lowest BCUT2D eigenvalue weighted by Gasteiger charge is -2.20. The number of urea groups is 1. The molecule has 0 saturated carbocycles. The number of likely N-dealkylation sites (tertiary alicyclic amines) is 1. The van der Waals surface area contributed by atoms with E-state index in [1.807, 2.05) is 0 Å². The number of hydrogen-bond acceptors (Lipinski definition) is 4. The van der Waals surface area contributed by atoms with Crippen molar-refractivity contribution in [3.8, 4) is 0 Å². The summed E-state index contributed by atoms with van der Waals surface area (Å²) >= 11 is 0. The summed E-state index contributed by atoms with van der Waals surface area (Å²) in [4.78, 5) is 35.2. The van der Waals surface area contributed by atoms with Crippen LogP contribution in [0.15, 0.2) is 0 Å². The molecule has 20 heavy (non-hydrogen) atoms. The van der Waals surface area contributed by atoms with Gasteiger partial charge >= 0.3 is 12.0 Å². The number of carboxylic acids is 1. The summed E-state index contributed by atoms with van der Waals surface area (Å²) in [5, 5.41) is 11.4. The molecule has 8 nitrogen and oxygen atoms in total. The smallest absolute Gasteiger partial charge is 0.326 e. The van der Waals surface area contributed by atoms with E-state index in [2.05, 4.69) is 5.32 Å². The van der Waals surface area contributed by atoms with Crippen LogP contribution >= 0.6 is 0 Å². The third-order valence-corrected chi connectivity index (χ3v) is 3.25. The molecule has 0 aliphatic carbocycles. The van der Waals surface area contributed by atoms with Gasteiger partial charge in [0, 0.05) is 32.5 Å². The van der Waals surface area contributed by atoms with Crippen molar-refractivity contribution in [2.75, 3.05) is 26.8 Å². The highest BCUT2D eigenvalue weighted by atomic mass is 16.5.